The molecule has 5 rings (SSSR count). The van der Waals surface area contributed by atoms with Crippen molar-refractivity contribution in [2.75, 3.05) is 4.90 Å². The number of aromatic hydroxyl groups is 1. The van der Waals surface area contributed by atoms with Gasteiger partial charge < -0.3 is 19.7 Å². The van der Waals surface area contributed by atoms with E-state index in [0.29, 0.717) is 22.3 Å². The fraction of sp³-hybridized carbons (Fsp3) is 0.0833. The molecule has 0 amide bonds. The number of furan rings is 1. The summed E-state index contributed by atoms with van der Waals surface area (Å²) in [5.74, 6) is 1.07. The lowest BCUT2D eigenvalue weighted by Crippen LogP contribution is -2.29. The third-order valence-corrected chi connectivity index (χ3v) is 5.60. The molecule has 0 unspecified atom stereocenters. The summed E-state index contributed by atoms with van der Waals surface area (Å²) in [7, 11) is 0. The van der Waals surface area contributed by atoms with Gasteiger partial charge in [-0.1, -0.05) is 18.2 Å². The number of rotatable bonds is 4. The van der Waals surface area contributed by atoms with Gasteiger partial charge in [0.05, 0.1) is 17.4 Å². The van der Waals surface area contributed by atoms with Crippen molar-refractivity contribution in [1.82, 2.24) is 10.3 Å². The van der Waals surface area contributed by atoms with Crippen molar-refractivity contribution in [3.05, 3.63) is 102 Å². The van der Waals surface area contributed by atoms with Crippen molar-refractivity contribution in [2.24, 2.45) is 0 Å². The topological polar surface area (TPSA) is 61.5 Å². The molecule has 1 aliphatic heterocycles. The zero-order chi connectivity index (χ0) is 21.4. The van der Waals surface area contributed by atoms with E-state index >= 15 is 0 Å². The Kier molecular flexibility index (Phi) is 4.88. The van der Waals surface area contributed by atoms with Gasteiger partial charge in [0.1, 0.15) is 29.1 Å². The largest absolute Gasteiger partial charge is 0.506 e. The molecule has 3 heterocycles. The molecule has 5 nitrogen and oxygen atoms in total. The molecular formula is C24H18FN3O2S. The maximum atomic E-state index is 13.3. The van der Waals surface area contributed by atoms with E-state index in [9.17, 15) is 9.50 Å². The Bertz CT molecular complexity index is 1230. The number of thiocarbonyl (C=S) groups is 1. The molecule has 2 N–H and O–H groups in total. The molecule has 0 aliphatic carbocycles. The number of pyridine rings is 1. The molecule has 154 valence electrons. The van der Waals surface area contributed by atoms with Gasteiger partial charge in [-0.15, -0.1) is 0 Å². The Balaban J connectivity index is 1.61. The Labute approximate surface area is 183 Å². The third kappa shape index (κ3) is 3.53. The fourth-order valence-corrected chi connectivity index (χ4v) is 4.19. The zero-order valence-electron chi connectivity index (χ0n) is 16.3. The summed E-state index contributed by atoms with van der Waals surface area (Å²) in [5.41, 5.74) is 2.14. The maximum Gasteiger partial charge on any atom is 0.174 e. The number of benzene rings is 2. The Morgan fingerprint density at radius 3 is 2.48 bits per heavy atom. The number of para-hydroxylation sites is 2. The van der Waals surface area contributed by atoms with E-state index < -0.39 is 0 Å². The lowest BCUT2D eigenvalue weighted by atomic mass is 10.0. The number of hydrogen-bond acceptors (Lipinski definition) is 4. The molecule has 1 saturated heterocycles. The first-order valence-electron chi connectivity index (χ1n) is 9.76. The second-order valence-electron chi connectivity index (χ2n) is 7.19. The number of phenols is 1. The number of anilines is 1. The molecule has 2 atom stereocenters. The van der Waals surface area contributed by atoms with Crippen LogP contribution >= 0.6 is 12.2 Å². The molecule has 0 bridgehead atoms. The Hall–Kier alpha value is -3.71. The van der Waals surface area contributed by atoms with Crippen LogP contribution in [0.15, 0.2) is 89.5 Å². The maximum absolute atomic E-state index is 13.3. The predicted octanol–water partition coefficient (Wildman–Crippen LogP) is 5.36. The summed E-state index contributed by atoms with van der Waals surface area (Å²) in [6.07, 6.45) is 1.73. The average Bonchev–Trinajstić information content (AvgIpc) is 3.40. The smallest absolute Gasteiger partial charge is 0.174 e. The highest BCUT2D eigenvalue weighted by Gasteiger charge is 2.43. The quantitative estimate of drug-likeness (QED) is 0.424. The van der Waals surface area contributed by atoms with E-state index in [2.05, 4.69) is 10.3 Å². The van der Waals surface area contributed by atoms with Gasteiger partial charge in [-0.25, -0.2) is 4.39 Å². The van der Waals surface area contributed by atoms with Gasteiger partial charge in [-0.3, -0.25) is 4.98 Å². The molecule has 2 aromatic heterocycles. The Morgan fingerprint density at radius 2 is 1.74 bits per heavy atom. The number of nitrogens with one attached hydrogen (secondary N) is 1. The molecule has 7 heteroatoms. The van der Waals surface area contributed by atoms with E-state index in [1.54, 1.807) is 36.5 Å². The zero-order valence-corrected chi connectivity index (χ0v) is 17.1. The number of phenolic OH excluding ortho intramolecular Hbond substituents is 1. The van der Waals surface area contributed by atoms with E-state index in [1.807, 2.05) is 41.3 Å². The van der Waals surface area contributed by atoms with Crippen molar-refractivity contribution >= 4 is 23.0 Å². The van der Waals surface area contributed by atoms with Crippen LogP contribution in [0.2, 0.25) is 0 Å². The second kappa shape index (κ2) is 7.85. The minimum Gasteiger partial charge on any atom is -0.506 e. The van der Waals surface area contributed by atoms with Crippen molar-refractivity contribution in [3.8, 4) is 17.1 Å². The summed E-state index contributed by atoms with van der Waals surface area (Å²) < 4.78 is 19.5. The molecule has 1 fully saturated rings. The van der Waals surface area contributed by atoms with Crippen LogP contribution in [0.4, 0.5) is 10.1 Å². The third-order valence-electron chi connectivity index (χ3n) is 5.29. The molecule has 4 aromatic rings. The van der Waals surface area contributed by atoms with Gasteiger partial charge in [0.15, 0.2) is 5.11 Å². The molecule has 2 aromatic carbocycles. The molecule has 0 radical (unpaired) electrons. The van der Waals surface area contributed by atoms with Crippen molar-refractivity contribution in [1.29, 1.82) is 0 Å². The van der Waals surface area contributed by atoms with Crippen molar-refractivity contribution in [3.63, 3.8) is 0 Å². The first kappa shape index (κ1) is 19.3. The number of hydrogen-bond donors (Lipinski definition) is 2. The molecule has 0 saturated carbocycles. The summed E-state index contributed by atoms with van der Waals surface area (Å²) in [4.78, 5) is 6.35. The minimum atomic E-state index is -0.384. The van der Waals surface area contributed by atoms with Gasteiger partial charge in [-0.2, -0.15) is 0 Å². The lowest BCUT2D eigenvalue weighted by Gasteiger charge is -2.26. The van der Waals surface area contributed by atoms with Gasteiger partial charge in [-0.05, 0) is 72.9 Å². The van der Waals surface area contributed by atoms with E-state index in [1.165, 1.54) is 12.1 Å². The lowest BCUT2D eigenvalue weighted by molar-refractivity contribution is 0.434. The standard InChI is InChI=1S/C24H18FN3O2S/c25-16-10-8-15(9-11-16)20-12-13-21(30-20)23-22(17-5-3-4-14-26-17)27-24(31)28(23)18-6-1-2-7-19(18)29/h1-14,22-23,29H,(H,27,31)/t22-,23+/m1/s1. The van der Waals surface area contributed by atoms with Crippen LogP contribution in [0, 0.1) is 5.82 Å². The second-order valence-corrected chi connectivity index (χ2v) is 7.58. The Morgan fingerprint density at radius 1 is 0.968 bits per heavy atom. The SMILES string of the molecule is Oc1ccccc1N1C(=S)N[C@H](c2ccccn2)[C@@H]1c1ccc(-c2ccc(F)cc2)o1. The van der Waals surface area contributed by atoms with E-state index in [4.69, 9.17) is 16.6 Å². The highest BCUT2D eigenvalue weighted by atomic mass is 32.1. The summed E-state index contributed by atoms with van der Waals surface area (Å²) in [6, 6.07) is 21.9. The van der Waals surface area contributed by atoms with Crippen LogP contribution in [0.3, 0.4) is 0 Å². The average molecular weight is 431 g/mol. The van der Waals surface area contributed by atoms with E-state index in [0.717, 1.165) is 11.3 Å². The van der Waals surface area contributed by atoms with Gasteiger partial charge >= 0.3 is 0 Å². The predicted molar refractivity (Wildman–Crippen MR) is 120 cm³/mol. The summed E-state index contributed by atoms with van der Waals surface area (Å²) in [6.45, 7) is 0. The van der Waals surface area contributed by atoms with Crippen LogP contribution in [0.5, 0.6) is 5.75 Å². The molecule has 1 aliphatic rings. The van der Waals surface area contributed by atoms with Gasteiger partial charge in [0.2, 0.25) is 0 Å². The normalized spacial score (nSPS) is 18.2. The molecular weight excluding hydrogens is 413 g/mol. The van der Waals surface area contributed by atoms with Crippen LogP contribution in [-0.4, -0.2) is 15.2 Å². The molecule has 0 spiro atoms. The number of aromatic nitrogens is 1. The minimum absolute atomic E-state index is 0.114. The van der Waals surface area contributed by atoms with Crippen molar-refractivity contribution < 1.29 is 13.9 Å². The number of halogens is 1. The van der Waals surface area contributed by atoms with E-state index in [-0.39, 0.29) is 23.7 Å². The first-order valence-corrected chi connectivity index (χ1v) is 10.2. The van der Waals surface area contributed by atoms with Gasteiger partial charge in [0.25, 0.3) is 0 Å². The first-order chi connectivity index (χ1) is 15.1. The van der Waals surface area contributed by atoms with Crippen LogP contribution in [0.1, 0.15) is 23.5 Å². The highest BCUT2D eigenvalue weighted by Crippen LogP contribution is 2.45. The molecule has 31 heavy (non-hydrogen) atoms. The fourth-order valence-electron chi connectivity index (χ4n) is 3.85. The van der Waals surface area contributed by atoms with Gasteiger partial charge in [0, 0.05) is 11.8 Å². The summed E-state index contributed by atoms with van der Waals surface area (Å²) in [5, 5.41) is 14.3. The van der Waals surface area contributed by atoms with Crippen LogP contribution in [0.25, 0.3) is 11.3 Å². The van der Waals surface area contributed by atoms with Crippen LogP contribution < -0.4 is 10.2 Å². The van der Waals surface area contributed by atoms with Crippen LogP contribution in [-0.2, 0) is 0 Å². The number of nitrogens with zero attached hydrogens (tertiary/aromatic N) is 2. The monoisotopic (exact) mass is 431 g/mol. The van der Waals surface area contributed by atoms with Crippen molar-refractivity contribution in [2.45, 2.75) is 12.1 Å². The highest BCUT2D eigenvalue weighted by molar-refractivity contribution is 7.80. The summed E-state index contributed by atoms with van der Waals surface area (Å²) >= 11 is 5.64.